The van der Waals surface area contributed by atoms with Gasteiger partial charge in [-0.25, -0.2) is 4.39 Å². The zero-order chi connectivity index (χ0) is 12.1. The fraction of sp³-hybridized carbons (Fsp3) is 0.500. The highest BCUT2D eigenvalue weighted by Gasteiger charge is 2.11. The van der Waals surface area contributed by atoms with E-state index in [9.17, 15) is 9.50 Å². The molecule has 0 aliphatic carbocycles. The molecule has 2 unspecified atom stereocenters. The van der Waals surface area contributed by atoms with Gasteiger partial charge in [0.25, 0.3) is 0 Å². The molecule has 3 nitrogen and oxygen atoms in total. The highest BCUT2D eigenvalue weighted by molar-refractivity contribution is 5.35. The van der Waals surface area contributed by atoms with Crippen LogP contribution in [0.1, 0.15) is 25.5 Å². The second-order valence-electron chi connectivity index (χ2n) is 3.96. The summed E-state index contributed by atoms with van der Waals surface area (Å²) in [4.78, 5) is 0. The molecule has 0 spiro atoms. The lowest BCUT2D eigenvalue weighted by atomic mass is 10.1. The van der Waals surface area contributed by atoms with Crippen LogP contribution in [-0.4, -0.2) is 23.4 Å². The average Bonchev–Trinajstić information content (AvgIpc) is 2.26. The van der Waals surface area contributed by atoms with Crippen molar-refractivity contribution in [2.45, 2.75) is 20.0 Å². The van der Waals surface area contributed by atoms with E-state index >= 15 is 0 Å². The smallest absolute Gasteiger partial charge is 0.125 e. The molecule has 0 amide bonds. The number of hydrogen-bond donors (Lipinski definition) is 2. The zero-order valence-electron chi connectivity index (χ0n) is 9.48. The molecule has 0 heterocycles. The standard InChI is InChI=1S/C12H17FO3/c1-8(6-14)7-16-12-4-3-10(13)5-11(12)9(2)15/h3-5,8-9,14-15H,6-7H2,1-2H3. The summed E-state index contributed by atoms with van der Waals surface area (Å²) in [5.74, 6) is 0.0575. The van der Waals surface area contributed by atoms with Crippen LogP contribution in [-0.2, 0) is 0 Å². The summed E-state index contributed by atoms with van der Waals surface area (Å²) in [6.45, 7) is 3.76. The van der Waals surface area contributed by atoms with Crippen LogP contribution >= 0.6 is 0 Å². The molecule has 0 radical (unpaired) electrons. The Kier molecular flexibility index (Phi) is 4.71. The van der Waals surface area contributed by atoms with Crippen LogP contribution in [0, 0.1) is 11.7 Å². The monoisotopic (exact) mass is 228 g/mol. The number of rotatable bonds is 5. The summed E-state index contributed by atoms with van der Waals surface area (Å²) in [5, 5.41) is 18.3. The topological polar surface area (TPSA) is 49.7 Å². The summed E-state index contributed by atoms with van der Waals surface area (Å²) in [6, 6.07) is 4.02. The van der Waals surface area contributed by atoms with E-state index in [-0.39, 0.29) is 12.5 Å². The first-order valence-corrected chi connectivity index (χ1v) is 5.25. The van der Waals surface area contributed by atoms with Gasteiger partial charge in [0, 0.05) is 18.1 Å². The Labute approximate surface area is 94.5 Å². The van der Waals surface area contributed by atoms with Crippen LogP contribution in [0.3, 0.4) is 0 Å². The third-order valence-corrected chi connectivity index (χ3v) is 2.26. The van der Waals surface area contributed by atoms with Gasteiger partial charge in [-0.15, -0.1) is 0 Å². The number of hydrogen-bond acceptors (Lipinski definition) is 3. The average molecular weight is 228 g/mol. The molecule has 0 aromatic heterocycles. The molecule has 1 aromatic rings. The van der Waals surface area contributed by atoms with Crippen molar-refractivity contribution in [2.75, 3.05) is 13.2 Å². The molecule has 1 rings (SSSR count). The lowest BCUT2D eigenvalue weighted by Crippen LogP contribution is -2.13. The zero-order valence-corrected chi connectivity index (χ0v) is 9.48. The molecule has 2 atom stereocenters. The number of halogens is 1. The highest BCUT2D eigenvalue weighted by Crippen LogP contribution is 2.26. The van der Waals surface area contributed by atoms with Gasteiger partial charge in [-0.05, 0) is 25.1 Å². The van der Waals surface area contributed by atoms with Crippen LogP contribution in [0.2, 0.25) is 0 Å². The van der Waals surface area contributed by atoms with Gasteiger partial charge in [0.1, 0.15) is 11.6 Å². The van der Waals surface area contributed by atoms with E-state index in [1.165, 1.54) is 18.2 Å². The van der Waals surface area contributed by atoms with Gasteiger partial charge >= 0.3 is 0 Å². The molecule has 0 fully saturated rings. The quantitative estimate of drug-likeness (QED) is 0.809. The van der Waals surface area contributed by atoms with Gasteiger partial charge in [-0.1, -0.05) is 6.92 Å². The summed E-state index contributed by atoms with van der Waals surface area (Å²) in [5.41, 5.74) is 0.421. The van der Waals surface area contributed by atoms with Crippen molar-refractivity contribution in [1.82, 2.24) is 0 Å². The highest BCUT2D eigenvalue weighted by atomic mass is 19.1. The summed E-state index contributed by atoms with van der Waals surface area (Å²) in [7, 11) is 0. The van der Waals surface area contributed by atoms with Crippen LogP contribution in [0.4, 0.5) is 4.39 Å². The molecule has 0 saturated carbocycles. The first-order chi connectivity index (χ1) is 7.54. The van der Waals surface area contributed by atoms with Crippen LogP contribution in [0.25, 0.3) is 0 Å². The van der Waals surface area contributed by atoms with E-state index in [0.29, 0.717) is 17.9 Å². The van der Waals surface area contributed by atoms with Crippen LogP contribution in [0.15, 0.2) is 18.2 Å². The van der Waals surface area contributed by atoms with E-state index in [4.69, 9.17) is 9.84 Å². The first-order valence-electron chi connectivity index (χ1n) is 5.25. The van der Waals surface area contributed by atoms with Gasteiger partial charge in [0.15, 0.2) is 0 Å². The predicted octanol–water partition coefficient (Wildman–Crippen LogP) is 1.89. The second kappa shape index (κ2) is 5.82. The molecule has 0 bridgehead atoms. The molecule has 4 heteroatoms. The molecule has 1 aromatic carbocycles. The fourth-order valence-electron chi connectivity index (χ4n) is 1.26. The number of benzene rings is 1. The largest absolute Gasteiger partial charge is 0.493 e. The van der Waals surface area contributed by atoms with Gasteiger partial charge in [0.05, 0.1) is 12.7 Å². The second-order valence-corrected chi connectivity index (χ2v) is 3.96. The maximum absolute atomic E-state index is 13.0. The molecular formula is C12H17FO3. The van der Waals surface area contributed by atoms with Crippen molar-refractivity contribution >= 4 is 0 Å². The summed E-state index contributed by atoms with van der Waals surface area (Å²) < 4.78 is 18.4. The number of aliphatic hydroxyl groups is 2. The van der Waals surface area contributed by atoms with E-state index in [2.05, 4.69) is 0 Å². The van der Waals surface area contributed by atoms with Crippen molar-refractivity contribution in [3.8, 4) is 5.75 Å². The van der Waals surface area contributed by atoms with E-state index in [0.717, 1.165) is 0 Å². The van der Waals surface area contributed by atoms with E-state index in [1.54, 1.807) is 6.92 Å². The molecule has 16 heavy (non-hydrogen) atoms. The van der Waals surface area contributed by atoms with Gasteiger partial charge < -0.3 is 14.9 Å². The number of aliphatic hydroxyl groups excluding tert-OH is 2. The Morgan fingerprint density at radius 1 is 1.38 bits per heavy atom. The Morgan fingerprint density at radius 3 is 2.62 bits per heavy atom. The minimum absolute atomic E-state index is 0.00639. The molecule has 0 aliphatic heterocycles. The van der Waals surface area contributed by atoms with Crippen molar-refractivity contribution < 1.29 is 19.3 Å². The Hall–Kier alpha value is -1.13. The predicted molar refractivity (Wildman–Crippen MR) is 58.8 cm³/mol. The minimum Gasteiger partial charge on any atom is -0.493 e. The lowest BCUT2D eigenvalue weighted by Gasteiger charge is -2.15. The lowest BCUT2D eigenvalue weighted by molar-refractivity contribution is 0.163. The van der Waals surface area contributed by atoms with Crippen LogP contribution < -0.4 is 4.74 Å². The van der Waals surface area contributed by atoms with Crippen molar-refractivity contribution in [2.24, 2.45) is 5.92 Å². The molecule has 2 N–H and O–H groups in total. The van der Waals surface area contributed by atoms with Crippen LogP contribution in [0.5, 0.6) is 5.75 Å². The van der Waals surface area contributed by atoms with E-state index in [1.807, 2.05) is 6.92 Å². The van der Waals surface area contributed by atoms with Gasteiger partial charge in [-0.2, -0.15) is 0 Å². The first kappa shape index (κ1) is 12.9. The molecule has 0 aliphatic rings. The fourth-order valence-corrected chi connectivity index (χ4v) is 1.26. The van der Waals surface area contributed by atoms with Crippen molar-refractivity contribution in [3.05, 3.63) is 29.6 Å². The minimum atomic E-state index is -0.782. The molecule has 0 saturated heterocycles. The molecular weight excluding hydrogens is 211 g/mol. The Balaban J connectivity index is 2.78. The third kappa shape index (κ3) is 3.47. The Morgan fingerprint density at radius 2 is 2.06 bits per heavy atom. The van der Waals surface area contributed by atoms with Crippen molar-refractivity contribution in [1.29, 1.82) is 0 Å². The maximum atomic E-state index is 13.0. The maximum Gasteiger partial charge on any atom is 0.125 e. The summed E-state index contributed by atoms with van der Waals surface area (Å²) >= 11 is 0. The van der Waals surface area contributed by atoms with E-state index < -0.39 is 11.9 Å². The number of ether oxygens (including phenoxy) is 1. The molecule has 90 valence electrons. The summed E-state index contributed by atoms with van der Waals surface area (Å²) in [6.07, 6.45) is -0.782. The Bertz CT molecular complexity index is 339. The SMILES string of the molecule is CC(CO)COc1ccc(F)cc1C(C)O. The van der Waals surface area contributed by atoms with Gasteiger partial charge in [-0.3, -0.25) is 0 Å². The normalized spacial score (nSPS) is 14.6. The third-order valence-electron chi connectivity index (χ3n) is 2.26. The van der Waals surface area contributed by atoms with Crippen molar-refractivity contribution in [3.63, 3.8) is 0 Å². The van der Waals surface area contributed by atoms with Gasteiger partial charge in [0.2, 0.25) is 0 Å².